The van der Waals surface area contributed by atoms with Gasteiger partial charge in [0.25, 0.3) is 0 Å². The van der Waals surface area contributed by atoms with Gasteiger partial charge >= 0.3 is 5.69 Å². The topological polar surface area (TPSA) is 120 Å². The quantitative estimate of drug-likeness (QED) is 0.104. The molecule has 224 valence electrons. The minimum atomic E-state index is -0.875. The van der Waals surface area contributed by atoms with Crippen LogP contribution in [0.4, 0.5) is 11.4 Å². The van der Waals surface area contributed by atoms with Crippen LogP contribution in [0, 0.1) is 10.1 Å². The minimum Gasteiger partial charge on any atom is -0.491 e. The number of nitrogens with zero attached hydrogens (tertiary/aromatic N) is 2. The Labute approximate surface area is 251 Å². The Balaban J connectivity index is 1.40. The third-order valence-electron chi connectivity index (χ3n) is 7.50. The van der Waals surface area contributed by atoms with Crippen LogP contribution in [0.2, 0.25) is 0 Å². The molecule has 3 N–H and O–H groups in total. The maximum Gasteiger partial charge on any atom is 0.301 e. The van der Waals surface area contributed by atoms with Gasteiger partial charge in [0.1, 0.15) is 19.0 Å². The second-order valence-electron chi connectivity index (χ2n) is 10.6. The fraction of sp³-hybridized carbons (Fsp3) is 0.294. The monoisotopic (exact) mass is 583 g/mol. The Hall–Kier alpha value is -4.60. The molecule has 0 amide bonds. The number of aliphatic hydroxyl groups is 1. The van der Waals surface area contributed by atoms with Gasteiger partial charge in [0, 0.05) is 19.5 Å². The highest BCUT2D eigenvalue weighted by Crippen LogP contribution is 2.48. The largest absolute Gasteiger partial charge is 0.491 e. The molecule has 2 atom stereocenters. The Morgan fingerprint density at radius 3 is 2.14 bits per heavy atom. The maximum absolute atomic E-state index is 12.4. The van der Waals surface area contributed by atoms with Crippen LogP contribution in [0.3, 0.4) is 0 Å². The lowest BCUT2D eigenvalue weighted by atomic mass is 10.0. The van der Waals surface area contributed by atoms with Crippen molar-refractivity contribution in [3.8, 4) is 17.2 Å². The smallest absolute Gasteiger partial charge is 0.301 e. The van der Waals surface area contributed by atoms with E-state index in [4.69, 9.17) is 19.9 Å². The molecule has 0 saturated heterocycles. The van der Waals surface area contributed by atoms with Crippen molar-refractivity contribution in [2.24, 2.45) is 0 Å². The van der Waals surface area contributed by atoms with Gasteiger partial charge in [0.15, 0.2) is 17.2 Å². The number of fused-ring (bicyclic) bond motifs is 1. The summed E-state index contributed by atoms with van der Waals surface area (Å²) in [6.07, 6.45) is 0.118. The first-order chi connectivity index (χ1) is 21.0. The molecule has 0 fully saturated rings. The summed E-state index contributed by atoms with van der Waals surface area (Å²) in [4.78, 5) is 13.9. The van der Waals surface area contributed by atoms with E-state index < -0.39 is 17.1 Å². The van der Waals surface area contributed by atoms with E-state index in [0.717, 1.165) is 17.5 Å². The van der Waals surface area contributed by atoms with Crippen molar-refractivity contribution < 1.29 is 24.2 Å². The van der Waals surface area contributed by atoms with E-state index in [1.165, 1.54) is 0 Å². The normalized spacial score (nSPS) is 15.7. The first-order valence-corrected chi connectivity index (χ1v) is 14.5. The molecular formula is C34H37N3O6. The molecule has 0 aliphatic heterocycles. The van der Waals surface area contributed by atoms with Gasteiger partial charge in [-0.2, -0.15) is 0 Å². The van der Waals surface area contributed by atoms with E-state index in [9.17, 15) is 15.2 Å². The second-order valence-corrected chi connectivity index (χ2v) is 10.6. The Kier molecular flexibility index (Phi) is 9.76. The van der Waals surface area contributed by atoms with Crippen molar-refractivity contribution in [1.82, 2.24) is 4.90 Å². The van der Waals surface area contributed by atoms with Crippen LogP contribution in [0.25, 0.3) is 0 Å². The highest BCUT2D eigenvalue weighted by Gasteiger charge is 2.43. The molecule has 4 aromatic carbocycles. The van der Waals surface area contributed by atoms with E-state index in [1.54, 1.807) is 6.07 Å². The lowest BCUT2D eigenvalue weighted by molar-refractivity contribution is -0.385. The molecule has 5 rings (SSSR count). The number of nitrogen functional groups attached to an aromatic ring is 1. The molecule has 0 saturated carbocycles. The van der Waals surface area contributed by atoms with Crippen LogP contribution < -0.4 is 19.9 Å². The molecule has 0 spiro atoms. The van der Waals surface area contributed by atoms with Crippen LogP contribution in [-0.2, 0) is 19.6 Å². The first kappa shape index (κ1) is 29.9. The van der Waals surface area contributed by atoms with E-state index in [0.29, 0.717) is 48.9 Å². The standard InChI is InChI=1S/C34H37N3O6/c1-2-18-41-30-21-26-20-27(38)33(31(26)34(32(30)35)37(39)40)36(22-24-11-5-3-6-12-24)17-19-42-28-15-9-10-16-29(28)43-23-25-13-7-4-8-14-25/h3-16,21,27,33,38H,2,17-20,22-23,35H2,1H3. The number of ether oxygens (including phenoxy) is 3. The summed E-state index contributed by atoms with van der Waals surface area (Å²) in [6.45, 7) is 3.84. The molecule has 0 bridgehead atoms. The van der Waals surface area contributed by atoms with Gasteiger partial charge < -0.3 is 25.1 Å². The predicted octanol–water partition coefficient (Wildman–Crippen LogP) is 6.08. The lowest BCUT2D eigenvalue weighted by Crippen LogP contribution is -2.37. The van der Waals surface area contributed by atoms with E-state index in [-0.39, 0.29) is 30.2 Å². The summed E-state index contributed by atoms with van der Waals surface area (Å²) in [7, 11) is 0. The summed E-state index contributed by atoms with van der Waals surface area (Å²) in [5.41, 5.74) is 9.25. The third-order valence-corrected chi connectivity index (χ3v) is 7.50. The summed E-state index contributed by atoms with van der Waals surface area (Å²) in [5.74, 6) is 1.50. The van der Waals surface area contributed by atoms with E-state index in [1.807, 2.05) is 96.8 Å². The molecule has 2 unspecified atom stereocenters. The third kappa shape index (κ3) is 7.07. The molecule has 9 heteroatoms. The van der Waals surface area contributed by atoms with E-state index in [2.05, 4.69) is 0 Å². The summed E-state index contributed by atoms with van der Waals surface area (Å²) >= 11 is 0. The SMILES string of the molecule is CCCOc1cc2c(c([N+](=O)[O-])c1N)C(N(CCOc1ccccc1OCc1ccccc1)Cc1ccccc1)C(O)C2. The van der Waals surface area contributed by atoms with Gasteiger partial charge in [-0.05, 0) is 41.3 Å². The maximum atomic E-state index is 12.4. The molecule has 0 heterocycles. The van der Waals surface area contributed by atoms with Crippen LogP contribution in [0.5, 0.6) is 17.2 Å². The van der Waals surface area contributed by atoms with Gasteiger partial charge in [-0.15, -0.1) is 0 Å². The van der Waals surface area contributed by atoms with Gasteiger partial charge in [-0.25, -0.2) is 0 Å². The Morgan fingerprint density at radius 2 is 1.49 bits per heavy atom. The van der Waals surface area contributed by atoms with Crippen molar-refractivity contribution in [2.45, 2.75) is 45.1 Å². The summed E-state index contributed by atoms with van der Waals surface area (Å²) < 4.78 is 18.0. The zero-order valence-electron chi connectivity index (χ0n) is 24.2. The first-order valence-electron chi connectivity index (χ1n) is 14.5. The molecule has 0 radical (unpaired) electrons. The number of para-hydroxylation sites is 2. The molecule has 1 aliphatic carbocycles. The molecule has 1 aliphatic rings. The number of rotatable bonds is 14. The number of nitro benzene ring substituents is 1. The lowest BCUT2D eigenvalue weighted by Gasteiger charge is -2.32. The molecule has 43 heavy (non-hydrogen) atoms. The zero-order chi connectivity index (χ0) is 30.2. The molecule has 9 nitrogen and oxygen atoms in total. The number of nitrogens with two attached hydrogens (primary N) is 1. The van der Waals surface area contributed by atoms with Gasteiger partial charge in [0.05, 0.1) is 29.2 Å². The Morgan fingerprint density at radius 1 is 0.884 bits per heavy atom. The van der Waals surface area contributed by atoms with Crippen LogP contribution >= 0.6 is 0 Å². The van der Waals surface area contributed by atoms with Gasteiger partial charge in [0.2, 0.25) is 0 Å². The number of hydrogen-bond donors (Lipinski definition) is 2. The summed E-state index contributed by atoms with van der Waals surface area (Å²) in [6, 6.07) is 28.3. The van der Waals surface area contributed by atoms with Crippen LogP contribution in [0.1, 0.15) is 41.6 Å². The number of benzene rings is 4. The van der Waals surface area contributed by atoms with Crippen molar-refractivity contribution in [1.29, 1.82) is 0 Å². The number of anilines is 1. The van der Waals surface area contributed by atoms with E-state index >= 15 is 0 Å². The van der Waals surface area contributed by atoms with Gasteiger partial charge in [-0.1, -0.05) is 79.7 Å². The fourth-order valence-corrected chi connectivity index (χ4v) is 5.54. The van der Waals surface area contributed by atoms with Crippen LogP contribution in [-0.4, -0.2) is 40.8 Å². The molecule has 0 aromatic heterocycles. The number of hydrogen-bond acceptors (Lipinski definition) is 8. The second kappa shape index (κ2) is 14.0. The molecular weight excluding hydrogens is 546 g/mol. The summed E-state index contributed by atoms with van der Waals surface area (Å²) in [5, 5.41) is 23.7. The van der Waals surface area contributed by atoms with Crippen molar-refractivity contribution in [3.05, 3.63) is 123 Å². The highest BCUT2D eigenvalue weighted by atomic mass is 16.6. The number of aliphatic hydroxyl groups excluding tert-OH is 1. The Bertz CT molecular complexity index is 1520. The number of nitro groups is 1. The van der Waals surface area contributed by atoms with Crippen molar-refractivity contribution >= 4 is 11.4 Å². The average molecular weight is 584 g/mol. The zero-order valence-corrected chi connectivity index (χ0v) is 24.2. The minimum absolute atomic E-state index is 0.0169. The predicted molar refractivity (Wildman–Crippen MR) is 165 cm³/mol. The fourth-order valence-electron chi connectivity index (χ4n) is 5.54. The highest BCUT2D eigenvalue weighted by molar-refractivity contribution is 5.74. The van der Waals surface area contributed by atoms with Crippen LogP contribution in [0.15, 0.2) is 91.0 Å². The average Bonchev–Trinajstić information content (AvgIpc) is 3.34. The van der Waals surface area contributed by atoms with Crippen molar-refractivity contribution in [2.75, 3.05) is 25.5 Å². The van der Waals surface area contributed by atoms with Gasteiger partial charge in [-0.3, -0.25) is 15.0 Å². The van der Waals surface area contributed by atoms with Crippen molar-refractivity contribution in [3.63, 3.8) is 0 Å². The molecule has 4 aromatic rings.